The number of ether oxygens (including phenoxy) is 2. The van der Waals surface area contributed by atoms with E-state index in [1.54, 1.807) is 12.0 Å². The second kappa shape index (κ2) is 10.7. The van der Waals surface area contributed by atoms with Crippen LogP contribution in [0.4, 0.5) is 4.79 Å². The van der Waals surface area contributed by atoms with Gasteiger partial charge in [-0.3, -0.25) is 4.79 Å². The number of methoxy groups -OCH3 is 1. The molecule has 0 aromatic heterocycles. The highest BCUT2D eigenvalue weighted by atomic mass is 16.6. The summed E-state index contributed by atoms with van der Waals surface area (Å²) < 4.78 is 10.5. The second-order valence-electron chi connectivity index (χ2n) is 8.05. The lowest BCUT2D eigenvalue weighted by atomic mass is 10.1. The van der Waals surface area contributed by atoms with Crippen LogP contribution in [-0.4, -0.2) is 67.8 Å². The predicted molar refractivity (Wildman–Crippen MR) is 116 cm³/mol. The van der Waals surface area contributed by atoms with Crippen molar-refractivity contribution in [3.8, 4) is 5.75 Å². The van der Waals surface area contributed by atoms with Crippen molar-refractivity contribution in [3.05, 3.63) is 29.8 Å². The topological polar surface area (TPSA) is 104 Å². The van der Waals surface area contributed by atoms with E-state index >= 15 is 0 Å². The minimum Gasteiger partial charge on any atom is -0.497 e. The Morgan fingerprint density at radius 2 is 1.83 bits per heavy atom. The van der Waals surface area contributed by atoms with Crippen LogP contribution in [0.25, 0.3) is 0 Å². The highest BCUT2D eigenvalue weighted by Gasteiger charge is 2.34. The third-order valence-corrected chi connectivity index (χ3v) is 4.25. The average Bonchev–Trinajstić information content (AvgIpc) is 2.65. The molecule has 3 N–H and O–H groups in total. The molecule has 1 aromatic carbocycles. The summed E-state index contributed by atoms with van der Waals surface area (Å²) in [6.45, 7) is 9.65. The summed E-state index contributed by atoms with van der Waals surface area (Å²) in [5, 5.41) is 9.20. The normalized spacial score (nSPS) is 14.6. The molecular formula is C21H33N5O4. The number of carbonyl (C=O) groups excluding carboxylic acids is 2. The molecule has 0 aliphatic carbocycles. The van der Waals surface area contributed by atoms with E-state index in [1.165, 1.54) is 0 Å². The summed E-state index contributed by atoms with van der Waals surface area (Å²) in [5.41, 5.74) is 0.473. The Labute approximate surface area is 178 Å². The number of aliphatic imine (C=N–C) groups is 1. The Morgan fingerprint density at radius 1 is 1.17 bits per heavy atom. The summed E-state index contributed by atoms with van der Waals surface area (Å²) >= 11 is 0. The number of hydrogen-bond acceptors (Lipinski definition) is 5. The third-order valence-electron chi connectivity index (χ3n) is 4.25. The van der Waals surface area contributed by atoms with Crippen LogP contribution in [0.3, 0.4) is 0 Å². The van der Waals surface area contributed by atoms with E-state index in [0.717, 1.165) is 11.3 Å². The fraction of sp³-hybridized carbons (Fsp3) is 0.571. The van der Waals surface area contributed by atoms with Crippen molar-refractivity contribution >= 4 is 18.0 Å². The molecule has 1 saturated heterocycles. The SMILES string of the molecule is CCNC(=NCC(=O)NCc1ccc(OC)cc1)NC1CN(C(=O)OC(C)(C)C)C1. The Balaban J connectivity index is 1.76. The molecule has 1 aliphatic rings. The molecule has 30 heavy (non-hydrogen) atoms. The largest absolute Gasteiger partial charge is 0.497 e. The summed E-state index contributed by atoms with van der Waals surface area (Å²) in [4.78, 5) is 30.1. The molecule has 166 valence electrons. The van der Waals surface area contributed by atoms with Crippen molar-refractivity contribution in [3.63, 3.8) is 0 Å². The first-order chi connectivity index (χ1) is 14.2. The number of benzene rings is 1. The molecule has 1 fully saturated rings. The van der Waals surface area contributed by atoms with E-state index in [1.807, 2.05) is 52.0 Å². The van der Waals surface area contributed by atoms with Crippen LogP contribution in [0.1, 0.15) is 33.3 Å². The van der Waals surface area contributed by atoms with Gasteiger partial charge in [0.25, 0.3) is 0 Å². The van der Waals surface area contributed by atoms with Crippen LogP contribution < -0.4 is 20.7 Å². The zero-order valence-corrected chi connectivity index (χ0v) is 18.4. The molecule has 0 radical (unpaired) electrons. The molecular weight excluding hydrogens is 386 g/mol. The minimum atomic E-state index is -0.509. The van der Waals surface area contributed by atoms with Gasteiger partial charge in [-0.15, -0.1) is 0 Å². The Kier molecular flexibility index (Phi) is 8.32. The van der Waals surface area contributed by atoms with Gasteiger partial charge in [0.2, 0.25) is 5.91 Å². The standard InChI is InChI=1S/C21H33N5O4/c1-6-22-19(25-16-13-26(14-16)20(28)30-21(2,3)4)24-12-18(27)23-11-15-7-9-17(29-5)10-8-15/h7-10,16H,6,11-14H2,1-5H3,(H,23,27)(H2,22,24,25). The highest BCUT2D eigenvalue weighted by Crippen LogP contribution is 2.15. The van der Waals surface area contributed by atoms with Gasteiger partial charge in [-0.05, 0) is 45.4 Å². The number of nitrogens with zero attached hydrogens (tertiary/aromatic N) is 2. The number of carbonyl (C=O) groups is 2. The molecule has 0 atom stereocenters. The summed E-state index contributed by atoms with van der Waals surface area (Å²) in [7, 11) is 1.61. The van der Waals surface area contributed by atoms with Crippen molar-refractivity contribution in [2.24, 2.45) is 4.99 Å². The lowest BCUT2D eigenvalue weighted by Gasteiger charge is -2.40. The fourth-order valence-corrected chi connectivity index (χ4v) is 2.71. The molecule has 0 spiro atoms. The molecule has 0 bridgehead atoms. The lowest BCUT2D eigenvalue weighted by molar-refractivity contribution is -0.119. The second-order valence-corrected chi connectivity index (χ2v) is 8.05. The van der Waals surface area contributed by atoms with Gasteiger partial charge in [0.05, 0.1) is 13.2 Å². The maximum absolute atomic E-state index is 12.1. The van der Waals surface area contributed by atoms with Crippen LogP contribution in [0.15, 0.2) is 29.3 Å². The first-order valence-electron chi connectivity index (χ1n) is 10.1. The van der Waals surface area contributed by atoms with Crippen LogP contribution in [0.5, 0.6) is 5.75 Å². The Morgan fingerprint density at radius 3 is 2.40 bits per heavy atom. The van der Waals surface area contributed by atoms with Gasteiger partial charge < -0.3 is 30.3 Å². The van der Waals surface area contributed by atoms with E-state index in [2.05, 4.69) is 20.9 Å². The molecule has 9 nitrogen and oxygen atoms in total. The predicted octanol–water partition coefficient (Wildman–Crippen LogP) is 1.49. The first-order valence-corrected chi connectivity index (χ1v) is 10.1. The molecule has 0 saturated carbocycles. The summed E-state index contributed by atoms with van der Waals surface area (Å²) in [6.07, 6.45) is -0.319. The van der Waals surface area contributed by atoms with Gasteiger partial charge in [-0.1, -0.05) is 12.1 Å². The average molecular weight is 420 g/mol. The van der Waals surface area contributed by atoms with Gasteiger partial charge in [-0.25, -0.2) is 9.79 Å². The maximum Gasteiger partial charge on any atom is 0.410 e. The molecule has 9 heteroatoms. The van der Waals surface area contributed by atoms with E-state index < -0.39 is 5.60 Å². The van der Waals surface area contributed by atoms with Crippen molar-refractivity contribution < 1.29 is 19.1 Å². The minimum absolute atomic E-state index is 0.00792. The maximum atomic E-state index is 12.1. The van der Waals surface area contributed by atoms with Crippen molar-refractivity contribution in [1.29, 1.82) is 0 Å². The van der Waals surface area contributed by atoms with Crippen LogP contribution in [0, 0.1) is 0 Å². The summed E-state index contributed by atoms with van der Waals surface area (Å²) in [5.74, 6) is 1.15. The van der Waals surface area contributed by atoms with Crippen LogP contribution >= 0.6 is 0 Å². The van der Waals surface area contributed by atoms with Gasteiger partial charge in [0.15, 0.2) is 5.96 Å². The number of rotatable bonds is 7. The number of likely N-dealkylation sites (tertiary alicyclic amines) is 1. The highest BCUT2D eigenvalue weighted by molar-refractivity contribution is 5.85. The van der Waals surface area contributed by atoms with Crippen molar-refractivity contribution in [2.45, 2.75) is 45.9 Å². The monoisotopic (exact) mass is 419 g/mol. The fourth-order valence-electron chi connectivity index (χ4n) is 2.71. The van der Waals surface area contributed by atoms with Gasteiger partial charge in [0.1, 0.15) is 17.9 Å². The van der Waals surface area contributed by atoms with Gasteiger partial charge in [-0.2, -0.15) is 0 Å². The van der Waals surface area contributed by atoms with E-state index in [-0.39, 0.29) is 24.6 Å². The summed E-state index contributed by atoms with van der Waals surface area (Å²) in [6, 6.07) is 7.58. The molecule has 1 aromatic rings. The lowest BCUT2D eigenvalue weighted by Crippen LogP contribution is -2.63. The van der Waals surface area contributed by atoms with Crippen LogP contribution in [0.2, 0.25) is 0 Å². The third kappa shape index (κ3) is 7.81. The molecule has 2 rings (SSSR count). The zero-order valence-electron chi connectivity index (χ0n) is 18.4. The van der Waals surface area contributed by atoms with Crippen molar-refractivity contribution in [2.75, 3.05) is 33.3 Å². The van der Waals surface area contributed by atoms with E-state index in [4.69, 9.17) is 9.47 Å². The van der Waals surface area contributed by atoms with E-state index in [0.29, 0.717) is 32.1 Å². The van der Waals surface area contributed by atoms with Gasteiger partial charge >= 0.3 is 6.09 Å². The quantitative estimate of drug-likeness (QED) is 0.457. The van der Waals surface area contributed by atoms with Crippen molar-refractivity contribution in [1.82, 2.24) is 20.9 Å². The molecule has 2 amide bonds. The first kappa shape index (κ1) is 23.3. The van der Waals surface area contributed by atoms with E-state index in [9.17, 15) is 9.59 Å². The molecule has 1 heterocycles. The Bertz CT molecular complexity index is 737. The zero-order chi connectivity index (χ0) is 22.1. The number of amides is 2. The van der Waals surface area contributed by atoms with Gasteiger partial charge in [0, 0.05) is 26.2 Å². The molecule has 1 aliphatic heterocycles. The molecule has 0 unspecified atom stereocenters. The smallest absolute Gasteiger partial charge is 0.410 e. The number of hydrogen-bond donors (Lipinski definition) is 3. The van der Waals surface area contributed by atoms with Crippen LogP contribution in [-0.2, 0) is 16.1 Å². The number of guanidine groups is 1. The number of nitrogens with one attached hydrogen (secondary N) is 3. The Hall–Kier alpha value is -2.97.